The van der Waals surface area contributed by atoms with Crippen LogP contribution in [0.2, 0.25) is 0 Å². The third kappa shape index (κ3) is 4.70. The van der Waals surface area contributed by atoms with Crippen LogP contribution in [0.1, 0.15) is 31.5 Å². The van der Waals surface area contributed by atoms with Gasteiger partial charge in [0.05, 0.1) is 25.4 Å². The van der Waals surface area contributed by atoms with Gasteiger partial charge in [-0.1, -0.05) is 0 Å². The van der Waals surface area contributed by atoms with Gasteiger partial charge < -0.3 is 14.3 Å². The van der Waals surface area contributed by atoms with Crippen LogP contribution >= 0.6 is 0 Å². The van der Waals surface area contributed by atoms with Gasteiger partial charge in [-0.2, -0.15) is 0 Å². The number of carbonyl (C=O) groups is 1. The van der Waals surface area contributed by atoms with E-state index in [1.165, 1.54) is 0 Å². The lowest BCUT2D eigenvalue weighted by molar-refractivity contribution is -0.123. The summed E-state index contributed by atoms with van der Waals surface area (Å²) in [6.45, 7) is 10.0. The first kappa shape index (κ1) is 17.7. The van der Waals surface area contributed by atoms with Gasteiger partial charge in [0.2, 0.25) is 5.91 Å². The molecule has 0 aliphatic carbocycles. The minimum atomic E-state index is -0.100. The zero-order chi connectivity index (χ0) is 17.6. The number of aryl methyl sites for hydroxylation is 1. The Bertz CT molecular complexity index is 659. The normalized spacial score (nSPS) is 17.5. The van der Waals surface area contributed by atoms with E-state index in [1.807, 2.05) is 31.5 Å². The number of nitrogens with one attached hydrogen (secondary N) is 1. The van der Waals surface area contributed by atoms with E-state index in [4.69, 9.17) is 4.42 Å². The fourth-order valence-corrected chi connectivity index (χ4v) is 3.18. The van der Waals surface area contributed by atoms with Crippen LogP contribution in [0, 0.1) is 0 Å². The molecule has 0 radical (unpaired) electrons. The summed E-state index contributed by atoms with van der Waals surface area (Å²) in [5, 5.41) is 2.99. The molecule has 0 unspecified atom stereocenters. The van der Waals surface area contributed by atoms with Crippen molar-refractivity contribution in [3.63, 3.8) is 0 Å². The second-order valence-corrected chi connectivity index (χ2v) is 6.49. The summed E-state index contributed by atoms with van der Waals surface area (Å²) in [4.78, 5) is 21.3. The van der Waals surface area contributed by atoms with Gasteiger partial charge in [-0.05, 0) is 26.0 Å². The Morgan fingerprint density at radius 3 is 2.76 bits per heavy atom. The standard InChI is InChI=1S/C18H27N5O2/c1-3-23-7-6-19-17(23)13-21-8-10-22(11-9-21)14-18(24)20-15(2)16-5-4-12-25-16/h4-7,12,15H,3,8-11,13-14H2,1-2H3,(H,20,24)/t15-/m1/s1. The molecule has 3 rings (SSSR count). The molecule has 136 valence electrons. The van der Waals surface area contributed by atoms with E-state index in [1.54, 1.807) is 6.26 Å². The van der Waals surface area contributed by atoms with Crippen LogP contribution in [-0.4, -0.2) is 58.0 Å². The molecular weight excluding hydrogens is 318 g/mol. The van der Waals surface area contributed by atoms with Crippen LogP contribution in [-0.2, 0) is 17.9 Å². The molecule has 7 nitrogen and oxygen atoms in total. The molecule has 1 fully saturated rings. The van der Waals surface area contributed by atoms with Crippen LogP contribution in [0.15, 0.2) is 35.2 Å². The Labute approximate surface area is 148 Å². The number of amides is 1. The first-order valence-corrected chi connectivity index (χ1v) is 8.93. The average Bonchev–Trinajstić information content (AvgIpc) is 3.28. The second kappa shape index (κ2) is 8.31. The minimum Gasteiger partial charge on any atom is -0.467 e. The molecular formula is C18H27N5O2. The van der Waals surface area contributed by atoms with Gasteiger partial charge in [0.1, 0.15) is 11.6 Å². The number of hydrogen-bond donors (Lipinski definition) is 1. The lowest BCUT2D eigenvalue weighted by Crippen LogP contribution is -2.49. The maximum atomic E-state index is 12.2. The van der Waals surface area contributed by atoms with Crippen molar-refractivity contribution in [2.45, 2.75) is 33.0 Å². The van der Waals surface area contributed by atoms with Crippen LogP contribution in [0.3, 0.4) is 0 Å². The Morgan fingerprint density at radius 2 is 2.08 bits per heavy atom. The minimum absolute atomic E-state index is 0.0406. The summed E-state index contributed by atoms with van der Waals surface area (Å²) in [6.07, 6.45) is 5.51. The summed E-state index contributed by atoms with van der Waals surface area (Å²) in [6, 6.07) is 3.61. The number of rotatable bonds is 7. The van der Waals surface area contributed by atoms with E-state index in [-0.39, 0.29) is 11.9 Å². The summed E-state index contributed by atoms with van der Waals surface area (Å²) in [7, 11) is 0. The molecule has 1 amide bonds. The fourth-order valence-electron chi connectivity index (χ4n) is 3.18. The third-order valence-electron chi connectivity index (χ3n) is 4.69. The van der Waals surface area contributed by atoms with E-state index < -0.39 is 0 Å². The summed E-state index contributed by atoms with van der Waals surface area (Å²) >= 11 is 0. The van der Waals surface area contributed by atoms with Crippen LogP contribution in [0.25, 0.3) is 0 Å². The lowest BCUT2D eigenvalue weighted by atomic mass is 10.2. The molecule has 1 aliphatic rings. The van der Waals surface area contributed by atoms with Gasteiger partial charge in [0.25, 0.3) is 0 Å². The average molecular weight is 345 g/mol. The molecule has 1 aliphatic heterocycles. The third-order valence-corrected chi connectivity index (χ3v) is 4.69. The van der Waals surface area contributed by atoms with Gasteiger partial charge in [0, 0.05) is 45.1 Å². The summed E-state index contributed by atoms with van der Waals surface area (Å²) in [5.41, 5.74) is 0. The molecule has 1 saturated heterocycles. The Balaban J connectivity index is 1.41. The molecule has 0 saturated carbocycles. The molecule has 2 aromatic heterocycles. The Morgan fingerprint density at radius 1 is 1.32 bits per heavy atom. The molecule has 3 heterocycles. The highest BCUT2D eigenvalue weighted by molar-refractivity contribution is 5.78. The molecule has 0 aromatic carbocycles. The SMILES string of the molecule is CCn1ccnc1CN1CCN(CC(=O)N[C@H](C)c2ccco2)CC1. The number of hydrogen-bond acceptors (Lipinski definition) is 5. The molecule has 0 spiro atoms. The van der Waals surface area contributed by atoms with Gasteiger partial charge in [0.15, 0.2) is 0 Å². The Hall–Kier alpha value is -2.12. The van der Waals surface area contributed by atoms with Crippen LogP contribution < -0.4 is 5.32 Å². The molecule has 0 bridgehead atoms. The van der Waals surface area contributed by atoms with Crippen molar-refractivity contribution in [2.75, 3.05) is 32.7 Å². The maximum Gasteiger partial charge on any atom is 0.234 e. The first-order valence-electron chi connectivity index (χ1n) is 8.93. The predicted molar refractivity (Wildman–Crippen MR) is 94.9 cm³/mol. The van der Waals surface area contributed by atoms with Gasteiger partial charge in [-0.15, -0.1) is 0 Å². The summed E-state index contributed by atoms with van der Waals surface area (Å²) in [5.74, 6) is 1.93. The smallest absolute Gasteiger partial charge is 0.234 e. The highest BCUT2D eigenvalue weighted by Crippen LogP contribution is 2.12. The highest BCUT2D eigenvalue weighted by atomic mass is 16.3. The number of furan rings is 1. The van der Waals surface area contributed by atoms with Crippen molar-refractivity contribution >= 4 is 5.91 Å². The van der Waals surface area contributed by atoms with Crippen molar-refractivity contribution < 1.29 is 9.21 Å². The number of piperazine rings is 1. The number of carbonyl (C=O) groups excluding carboxylic acids is 1. The Kier molecular flexibility index (Phi) is 5.88. The second-order valence-electron chi connectivity index (χ2n) is 6.49. The van der Waals surface area contributed by atoms with Crippen LogP contribution in [0.4, 0.5) is 0 Å². The van der Waals surface area contributed by atoms with E-state index in [2.05, 4.69) is 31.6 Å². The van der Waals surface area contributed by atoms with Crippen LogP contribution in [0.5, 0.6) is 0 Å². The van der Waals surface area contributed by atoms with E-state index in [0.717, 1.165) is 50.9 Å². The quantitative estimate of drug-likeness (QED) is 0.824. The first-order chi connectivity index (χ1) is 12.2. The van der Waals surface area contributed by atoms with Crippen molar-refractivity contribution in [1.82, 2.24) is 24.7 Å². The fraction of sp³-hybridized carbons (Fsp3) is 0.556. The van der Waals surface area contributed by atoms with Crippen molar-refractivity contribution in [1.29, 1.82) is 0 Å². The van der Waals surface area contributed by atoms with Crippen molar-refractivity contribution in [2.24, 2.45) is 0 Å². The monoisotopic (exact) mass is 345 g/mol. The van der Waals surface area contributed by atoms with E-state index >= 15 is 0 Å². The van der Waals surface area contributed by atoms with Crippen molar-refractivity contribution in [3.8, 4) is 0 Å². The predicted octanol–water partition coefficient (Wildman–Crippen LogP) is 1.49. The van der Waals surface area contributed by atoms with Crippen molar-refractivity contribution in [3.05, 3.63) is 42.4 Å². The molecule has 1 N–H and O–H groups in total. The van der Waals surface area contributed by atoms with Gasteiger partial charge >= 0.3 is 0 Å². The number of imidazole rings is 1. The topological polar surface area (TPSA) is 66.5 Å². The zero-order valence-electron chi connectivity index (χ0n) is 15.0. The largest absolute Gasteiger partial charge is 0.467 e. The maximum absolute atomic E-state index is 12.2. The lowest BCUT2D eigenvalue weighted by Gasteiger charge is -2.34. The molecule has 25 heavy (non-hydrogen) atoms. The number of nitrogens with zero attached hydrogens (tertiary/aromatic N) is 4. The molecule has 7 heteroatoms. The zero-order valence-corrected chi connectivity index (χ0v) is 15.0. The highest BCUT2D eigenvalue weighted by Gasteiger charge is 2.21. The summed E-state index contributed by atoms with van der Waals surface area (Å²) < 4.78 is 7.50. The van der Waals surface area contributed by atoms with E-state index in [9.17, 15) is 4.79 Å². The molecule has 2 aromatic rings. The number of aromatic nitrogens is 2. The van der Waals surface area contributed by atoms with Gasteiger partial charge in [-0.25, -0.2) is 4.98 Å². The molecule has 1 atom stereocenters. The van der Waals surface area contributed by atoms with E-state index in [0.29, 0.717) is 6.54 Å². The van der Waals surface area contributed by atoms with Gasteiger partial charge in [-0.3, -0.25) is 14.6 Å².